The van der Waals surface area contributed by atoms with Gasteiger partial charge in [-0.15, -0.1) is 23.1 Å². The summed E-state index contributed by atoms with van der Waals surface area (Å²) < 4.78 is 100. The maximum absolute atomic E-state index is 14.6. The Labute approximate surface area is 621 Å². The summed E-state index contributed by atoms with van der Waals surface area (Å²) in [5.74, 6) is -2.24. The number of alkyl halides is 3. The molecule has 104 heavy (non-hydrogen) atoms. The number of thiazole rings is 1. The number of β-amino-alcohol motifs (C(OH)–C–C–N with tert-alkyl or cyclic N) is 1. The lowest BCUT2D eigenvalue weighted by Gasteiger charge is -2.39. The highest BCUT2D eigenvalue weighted by Gasteiger charge is 2.49. The van der Waals surface area contributed by atoms with Gasteiger partial charge in [0.05, 0.1) is 38.8 Å². The van der Waals surface area contributed by atoms with Gasteiger partial charge in [-0.1, -0.05) is 106 Å². The summed E-state index contributed by atoms with van der Waals surface area (Å²) in [4.78, 5) is 82.6. The Morgan fingerprint density at radius 1 is 0.798 bits per heavy atom. The van der Waals surface area contributed by atoms with E-state index < -0.39 is 100 Å². The number of hydrogen-bond acceptors (Lipinski definition) is 17. The number of halogens is 4. The SMILES string of the molecule is Cc1ncsc1-c1ccc(C(C)NC(=O)C2CC(O)CN2C(=O)C(NC(=O)CCCCC(=O)N2CCN(CCC(CSc3ccccc3)Nc3ccc(S(=O)(=O)NC(=O)c4ccc(N5CCN(CC6=C(c7ccc(Cl)cc7)CCC(C)(C)C6)CC5)cc4)cc3S(=O)(=O)C(F)(F)F)CC2)C(C)(C)C)cc1. The lowest BCUT2D eigenvalue weighted by Crippen LogP contribution is -2.57. The standard InChI is InChI=1S/C76H94ClF3N10O10S4/c1-50(52-17-19-54(20-18-52)69-51(2)81-49-102-69)82-72(95)65-43-60(91)47-90(65)73(96)70(74(3,4)5)84-67(92)15-11-12-16-68(93)89-41-35-86(36-42-89)34-32-58(48-101-61-13-9-8-10-14-61)83-64-30-29-62(44-66(64)103(97,98)76(78,79)80)104(99,100)85-71(94)55-23-27-59(28-24-55)88-39-37-87(38-40-88)46-56-45-75(6,7)33-31-63(56)53-21-25-57(77)26-22-53/h8-10,13-14,17-30,44,49-50,58,60,65,70,83,91H,11-12,15-16,31-43,45-48H2,1-7H3,(H,82,95)(H,84,92)(H,85,94). The number of thioether (sulfide) groups is 1. The van der Waals surface area contributed by atoms with Crippen molar-refractivity contribution in [2.24, 2.45) is 10.8 Å². The molecule has 1 aliphatic carbocycles. The molecular weight excluding hydrogens is 1430 g/mol. The van der Waals surface area contributed by atoms with Crippen molar-refractivity contribution in [2.75, 3.05) is 88.0 Å². The summed E-state index contributed by atoms with van der Waals surface area (Å²) in [6.07, 6.45) is 3.37. The molecule has 5 N–H and O–H groups in total. The molecule has 28 heteroatoms. The zero-order valence-electron chi connectivity index (χ0n) is 59.8. The highest BCUT2D eigenvalue weighted by atomic mass is 35.5. The maximum Gasteiger partial charge on any atom is 0.501 e. The van der Waals surface area contributed by atoms with Gasteiger partial charge >= 0.3 is 5.51 Å². The van der Waals surface area contributed by atoms with Crippen molar-refractivity contribution >= 4 is 101 Å². The molecule has 5 unspecified atom stereocenters. The number of anilines is 2. The Kier molecular flexibility index (Phi) is 25.9. The van der Waals surface area contributed by atoms with Gasteiger partial charge in [0.25, 0.3) is 25.8 Å². The highest BCUT2D eigenvalue weighted by Crippen LogP contribution is 2.44. The van der Waals surface area contributed by atoms with E-state index in [2.05, 4.69) is 61.6 Å². The first-order valence-corrected chi connectivity index (χ1v) is 40.5. The molecule has 0 saturated carbocycles. The molecule has 5 aromatic carbocycles. The zero-order chi connectivity index (χ0) is 74.9. The van der Waals surface area contributed by atoms with E-state index in [4.69, 9.17) is 11.6 Å². The van der Waals surface area contributed by atoms with Gasteiger partial charge in [-0.05, 0) is 152 Å². The van der Waals surface area contributed by atoms with E-state index in [1.165, 1.54) is 45.5 Å². The molecule has 1 aromatic heterocycles. The van der Waals surface area contributed by atoms with Crippen LogP contribution in [0.1, 0.15) is 133 Å². The van der Waals surface area contributed by atoms with E-state index in [-0.39, 0.29) is 54.9 Å². The third-order valence-electron chi connectivity index (χ3n) is 19.9. The van der Waals surface area contributed by atoms with Crippen molar-refractivity contribution in [2.45, 2.75) is 157 Å². The van der Waals surface area contributed by atoms with Crippen LogP contribution in [-0.2, 0) is 39.0 Å². The third kappa shape index (κ3) is 20.4. The number of likely N-dealkylation sites (tertiary alicyclic amines) is 1. The first kappa shape index (κ1) is 79.2. The number of allylic oxidation sites excluding steroid dienone is 1. The Morgan fingerprint density at radius 2 is 1.45 bits per heavy atom. The lowest BCUT2D eigenvalue weighted by molar-refractivity contribution is -0.144. The van der Waals surface area contributed by atoms with E-state index in [1.54, 1.807) is 33.9 Å². The molecule has 6 aromatic rings. The molecule has 4 aliphatic rings. The van der Waals surface area contributed by atoms with Crippen LogP contribution in [0.25, 0.3) is 16.0 Å². The summed E-state index contributed by atoms with van der Waals surface area (Å²) in [5.41, 5.74) is 2.44. The molecule has 0 radical (unpaired) electrons. The van der Waals surface area contributed by atoms with Crippen LogP contribution >= 0.6 is 34.7 Å². The fraction of sp³-hybridized carbons (Fsp3) is 0.474. The number of aliphatic hydroxyl groups is 1. The molecule has 5 amide bonds. The van der Waals surface area contributed by atoms with Gasteiger partial charge in [0.2, 0.25) is 23.6 Å². The maximum atomic E-state index is 14.6. The fourth-order valence-electron chi connectivity index (χ4n) is 13.9. The van der Waals surface area contributed by atoms with Gasteiger partial charge in [0.1, 0.15) is 17.0 Å². The number of unbranched alkanes of at least 4 members (excludes halogenated alkanes) is 1. The Hall–Kier alpha value is -7.37. The molecule has 5 atom stereocenters. The average Bonchev–Trinajstić information content (AvgIpc) is 1.54. The number of amides is 5. The van der Waals surface area contributed by atoms with Crippen molar-refractivity contribution in [1.29, 1.82) is 0 Å². The predicted molar refractivity (Wildman–Crippen MR) is 402 cm³/mol. The van der Waals surface area contributed by atoms with Crippen molar-refractivity contribution in [3.8, 4) is 10.4 Å². The van der Waals surface area contributed by atoms with Gasteiger partial charge in [-0.2, -0.15) is 13.2 Å². The molecule has 3 saturated heterocycles. The second-order valence-electron chi connectivity index (χ2n) is 29.3. The Balaban J connectivity index is 0.701. The molecule has 3 aliphatic heterocycles. The zero-order valence-corrected chi connectivity index (χ0v) is 63.8. The van der Waals surface area contributed by atoms with Crippen molar-refractivity contribution < 1.29 is 59.1 Å². The third-order valence-corrected chi connectivity index (χ3v) is 25.2. The van der Waals surface area contributed by atoms with E-state index in [0.717, 1.165) is 83.3 Å². The molecule has 20 nitrogen and oxygen atoms in total. The highest BCUT2D eigenvalue weighted by molar-refractivity contribution is 7.99. The summed E-state index contributed by atoms with van der Waals surface area (Å²) in [6.45, 7) is 19.6. The van der Waals surface area contributed by atoms with Crippen LogP contribution in [0.15, 0.2) is 147 Å². The second-order valence-corrected chi connectivity index (χ2v) is 35.3. The van der Waals surface area contributed by atoms with Crippen LogP contribution in [0.2, 0.25) is 5.02 Å². The van der Waals surface area contributed by atoms with E-state index in [9.17, 15) is 59.1 Å². The number of aryl methyl sites for hydroxylation is 1. The van der Waals surface area contributed by atoms with Gasteiger partial charge in [0, 0.05) is 124 Å². The van der Waals surface area contributed by atoms with Crippen LogP contribution in [-0.4, -0.2) is 184 Å². The number of sulfonamides is 1. The molecule has 0 bridgehead atoms. The number of aliphatic hydroxyl groups excluding tert-OH is 1. The Bertz CT molecular complexity index is 4280. The Morgan fingerprint density at radius 3 is 2.10 bits per heavy atom. The van der Waals surface area contributed by atoms with E-state index in [0.29, 0.717) is 69.7 Å². The quantitative estimate of drug-likeness (QED) is 0.0237. The monoisotopic (exact) mass is 1530 g/mol. The molecular formula is C76H94ClF3N10O10S4. The number of nitrogens with one attached hydrogen (secondary N) is 4. The number of sulfone groups is 1. The van der Waals surface area contributed by atoms with Crippen LogP contribution in [0, 0.1) is 17.8 Å². The number of carbonyl (C=O) groups excluding carboxylic acids is 5. The molecule has 4 heterocycles. The normalized spacial score (nSPS) is 18.8. The molecule has 560 valence electrons. The number of hydrogen-bond donors (Lipinski definition) is 5. The van der Waals surface area contributed by atoms with Gasteiger partial charge < -0.3 is 35.8 Å². The minimum atomic E-state index is -6.19. The van der Waals surface area contributed by atoms with Gasteiger partial charge in [-0.25, -0.2) is 26.5 Å². The number of carbonyl (C=O) groups is 5. The number of piperazine rings is 2. The van der Waals surface area contributed by atoms with Crippen LogP contribution in [0.3, 0.4) is 0 Å². The minimum Gasteiger partial charge on any atom is -0.391 e. The smallest absolute Gasteiger partial charge is 0.391 e. The average molecular weight is 1530 g/mol. The predicted octanol–water partition coefficient (Wildman–Crippen LogP) is 12.0. The second kappa shape index (κ2) is 34.0. The fourth-order valence-corrected chi connectivity index (χ4v) is 17.8. The van der Waals surface area contributed by atoms with Crippen molar-refractivity contribution in [3.63, 3.8) is 0 Å². The van der Waals surface area contributed by atoms with E-state index in [1.807, 2.05) is 106 Å². The summed E-state index contributed by atoms with van der Waals surface area (Å²) in [7, 11) is -11.1. The molecule has 10 rings (SSSR count). The largest absolute Gasteiger partial charge is 0.501 e. The first-order valence-electron chi connectivity index (χ1n) is 35.3. The van der Waals surface area contributed by atoms with E-state index >= 15 is 0 Å². The summed E-state index contributed by atoms with van der Waals surface area (Å²) in [5, 5.41) is 20.4. The van der Waals surface area contributed by atoms with Gasteiger partial charge in [-0.3, -0.25) is 33.8 Å². The van der Waals surface area contributed by atoms with Crippen molar-refractivity contribution in [1.82, 2.24) is 39.9 Å². The number of benzene rings is 5. The number of nitrogens with zero attached hydrogens (tertiary/aromatic N) is 6. The lowest BCUT2D eigenvalue weighted by atomic mass is 9.73. The first-order chi connectivity index (χ1) is 49.2. The summed E-state index contributed by atoms with van der Waals surface area (Å²) in [6, 6.07) is 30.6. The minimum absolute atomic E-state index is 0.0257. The van der Waals surface area contributed by atoms with Crippen LogP contribution in [0.4, 0.5) is 24.5 Å². The van der Waals surface area contributed by atoms with Crippen LogP contribution < -0.4 is 25.6 Å². The topological polar surface area (TPSA) is 251 Å². The number of rotatable bonds is 27. The van der Waals surface area contributed by atoms with Gasteiger partial charge in [0.15, 0.2) is 0 Å². The molecule has 3 fully saturated rings. The van der Waals surface area contributed by atoms with Crippen LogP contribution in [0.5, 0.6) is 0 Å². The molecule has 0 spiro atoms. The number of aromatic nitrogens is 1. The summed E-state index contributed by atoms with van der Waals surface area (Å²) >= 11 is 9.16. The van der Waals surface area contributed by atoms with Crippen molar-refractivity contribution in [3.05, 3.63) is 160 Å².